The van der Waals surface area contributed by atoms with Crippen LogP contribution < -0.4 is 5.73 Å². The number of nitrogens with zero attached hydrogens (tertiary/aromatic N) is 3. The summed E-state index contributed by atoms with van der Waals surface area (Å²) in [5.74, 6) is -0.174. The van der Waals surface area contributed by atoms with Crippen molar-refractivity contribution >= 4 is 17.2 Å². The maximum Gasteiger partial charge on any atom is 0.192 e. The van der Waals surface area contributed by atoms with Crippen LogP contribution >= 0.6 is 11.3 Å². The first kappa shape index (κ1) is 11.6. The highest BCUT2D eigenvalue weighted by atomic mass is 32.1. The topological polar surface area (TPSA) is 75.2 Å². The van der Waals surface area contributed by atoms with Gasteiger partial charge in [0.1, 0.15) is 0 Å². The molecule has 0 unspecified atom stereocenters. The van der Waals surface area contributed by atoms with Crippen LogP contribution in [0.3, 0.4) is 0 Å². The molecule has 1 fully saturated rings. The zero-order chi connectivity index (χ0) is 12.6. The van der Waals surface area contributed by atoms with E-state index in [0.717, 1.165) is 10.4 Å². The minimum atomic E-state index is -0.606. The Bertz CT molecular complexity index is 545. The van der Waals surface area contributed by atoms with E-state index in [-0.39, 0.29) is 0 Å². The van der Waals surface area contributed by atoms with Crippen LogP contribution in [0.15, 0.2) is 17.6 Å². The number of anilines is 1. The number of nitrogens with two attached hydrogens (primary N) is 1. The van der Waals surface area contributed by atoms with Crippen LogP contribution in [-0.4, -0.2) is 28.2 Å². The van der Waals surface area contributed by atoms with Crippen LogP contribution in [0.25, 0.3) is 0 Å². The van der Waals surface area contributed by atoms with Gasteiger partial charge in [-0.1, -0.05) is 0 Å². The maximum absolute atomic E-state index is 5.62. The fourth-order valence-electron chi connectivity index (χ4n) is 1.91. The fourth-order valence-corrected chi connectivity index (χ4v) is 2.85. The van der Waals surface area contributed by atoms with Gasteiger partial charge in [0.05, 0.1) is 26.0 Å². The molecule has 18 heavy (non-hydrogen) atoms. The van der Waals surface area contributed by atoms with E-state index in [4.69, 9.17) is 15.2 Å². The molecular weight excluding hydrogens is 252 g/mol. The first-order valence-corrected chi connectivity index (χ1v) is 6.55. The molecular formula is C11H14N4O2S. The predicted octanol–water partition coefficient (Wildman–Crippen LogP) is 1.19. The molecule has 6 nitrogen and oxygen atoms in total. The van der Waals surface area contributed by atoms with Crippen LogP contribution in [-0.2, 0) is 21.8 Å². The third kappa shape index (κ3) is 2.12. The van der Waals surface area contributed by atoms with Crippen molar-refractivity contribution in [3.05, 3.63) is 28.1 Å². The third-order valence-corrected chi connectivity index (χ3v) is 3.79. The first-order chi connectivity index (χ1) is 8.66. The van der Waals surface area contributed by atoms with Gasteiger partial charge in [0.15, 0.2) is 11.6 Å². The van der Waals surface area contributed by atoms with Crippen molar-refractivity contribution < 1.29 is 9.47 Å². The summed E-state index contributed by atoms with van der Waals surface area (Å²) < 4.78 is 11.2. The number of ether oxygens (including phenoxy) is 2. The zero-order valence-corrected chi connectivity index (χ0v) is 10.8. The van der Waals surface area contributed by atoms with Gasteiger partial charge in [-0.3, -0.25) is 0 Å². The molecule has 3 rings (SSSR count). The predicted molar refractivity (Wildman–Crippen MR) is 67.1 cm³/mol. The molecule has 7 heteroatoms. The van der Waals surface area contributed by atoms with Gasteiger partial charge in [-0.05, 0) is 18.4 Å². The Hall–Kier alpha value is -1.44. The van der Waals surface area contributed by atoms with Crippen molar-refractivity contribution in [2.45, 2.75) is 19.3 Å². The molecule has 2 N–H and O–H groups in total. The van der Waals surface area contributed by atoms with Crippen LogP contribution in [0, 0.1) is 0 Å². The van der Waals surface area contributed by atoms with Crippen molar-refractivity contribution in [2.75, 3.05) is 18.9 Å². The largest absolute Gasteiger partial charge is 0.381 e. The van der Waals surface area contributed by atoms with Gasteiger partial charge in [0, 0.05) is 10.4 Å². The average molecular weight is 266 g/mol. The van der Waals surface area contributed by atoms with E-state index in [1.165, 1.54) is 0 Å². The summed E-state index contributed by atoms with van der Waals surface area (Å²) >= 11 is 1.64. The van der Waals surface area contributed by atoms with Gasteiger partial charge in [-0.2, -0.15) is 9.90 Å². The molecule has 0 saturated carbocycles. The van der Waals surface area contributed by atoms with Gasteiger partial charge >= 0.3 is 0 Å². The highest BCUT2D eigenvalue weighted by Gasteiger charge is 2.33. The Kier molecular flexibility index (Phi) is 2.81. The van der Waals surface area contributed by atoms with Crippen LogP contribution in [0.2, 0.25) is 0 Å². The molecule has 0 atom stereocenters. The van der Waals surface area contributed by atoms with Gasteiger partial charge < -0.3 is 15.2 Å². The first-order valence-electron chi connectivity index (χ1n) is 5.67. The normalized spacial score (nSPS) is 18.3. The highest BCUT2D eigenvalue weighted by Crippen LogP contribution is 2.33. The molecule has 0 radical (unpaired) electrons. The summed E-state index contributed by atoms with van der Waals surface area (Å²) in [7, 11) is 0. The smallest absolute Gasteiger partial charge is 0.192 e. The lowest BCUT2D eigenvalue weighted by molar-refractivity contribution is -0.149. The summed E-state index contributed by atoms with van der Waals surface area (Å²) in [5, 5.41) is 10.2. The Morgan fingerprint density at radius 1 is 1.50 bits per heavy atom. The molecule has 0 amide bonds. The molecule has 2 aromatic heterocycles. The van der Waals surface area contributed by atoms with Crippen molar-refractivity contribution in [2.24, 2.45) is 0 Å². The molecule has 1 saturated heterocycles. The maximum atomic E-state index is 5.62. The van der Waals surface area contributed by atoms with E-state index in [1.54, 1.807) is 22.3 Å². The Morgan fingerprint density at radius 3 is 2.94 bits per heavy atom. The number of aromatic nitrogens is 3. The molecule has 1 aliphatic heterocycles. The average Bonchev–Trinajstić information content (AvgIpc) is 3.02. The van der Waals surface area contributed by atoms with Crippen molar-refractivity contribution in [1.29, 1.82) is 0 Å². The second kappa shape index (κ2) is 4.34. The van der Waals surface area contributed by atoms with Crippen LogP contribution in [0.1, 0.15) is 17.4 Å². The Labute approximate surface area is 108 Å². The lowest BCUT2D eigenvalue weighted by atomic mass is 10.1. The molecule has 96 valence electrons. The number of rotatable bonds is 3. The fraction of sp³-hybridized carbons (Fsp3) is 0.455. The third-order valence-electron chi connectivity index (χ3n) is 2.87. The minimum absolute atomic E-state index is 0.432. The zero-order valence-electron chi connectivity index (χ0n) is 10.00. The van der Waals surface area contributed by atoms with E-state index in [2.05, 4.69) is 16.3 Å². The second-order valence-electron chi connectivity index (χ2n) is 4.24. The number of thiophene rings is 1. The number of hydrogen-bond acceptors (Lipinski definition) is 6. The molecule has 2 aromatic rings. The Morgan fingerprint density at radius 2 is 2.28 bits per heavy atom. The molecule has 1 aliphatic rings. The lowest BCUT2D eigenvalue weighted by Gasteiger charge is -2.20. The minimum Gasteiger partial charge on any atom is -0.381 e. The number of hydrogen-bond donors (Lipinski definition) is 1. The van der Waals surface area contributed by atoms with Gasteiger partial charge in [-0.15, -0.1) is 16.4 Å². The van der Waals surface area contributed by atoms with Crippen molar-refractivity contribution in [3.63, 3.8) is 0 Å². The summed E-state index contributed by atoms with van der Waals surface area (Å²) in [6.07, 6.45) is 1.54. The quantitative estimate of drug-likeness (QED) is 0.903. The van der Waals surface area contributed by atoms with E-state index < -0.39 is 5.79 Å². The summed E-state index contributed by atoms with van der Waals surface area (Å²) in [6, 6.07) is 2.07. The second-order valence-corrected chi connectivity index (χ2v) is 5.24. The lowest BCUT2D eigenvalue weighted by Crippen LogP contribution is -2.21. The van der Waals surface area contributed by atoms with Crippen LogP contribution in [0.5, 0.6) is 0 Å². The highest BCUT2D eigenvalue weighted by molar-refractivity contribution is 7.10. The van der Waals surface area contributed by atoms with Crippen molar-refractivity contribution in [1.82, 2.24) is 15.0 Å². The van der Waals surface area contributed by atoms with Gasteiger partial charge in [0.2, 0.25) is 0 Å². The monoisotopic (exact) mass is 266 g/mol. The standard InChI is InChI=1S/C11H14N4O2S/c1-11(16-2-3-17-11)8-4-9(18-7-8)6-15-13-5-10(12)14-15/h4-5,7H,2-3,6H2,1H3,(H2,12,14). The number of nitrogen functional groups attached to an aromatic ring is 1. The molecule has 0 spiro atoms. The molecule has 3 heterocycles. The summed E-state index contributed by atoms with van der Waals surface area (Å²) in [6.45, 7) is 3.83. The van der Waals surface area contributed by atoms with Crippen LogP contribution in [0.4, 0.5) is 5.82 Å². The van der Waals surface area contributed by atoms with Gasteiger partial charge in [0.25, 0.3) is 0 Å². The van der Waals surface area contributed by atoms with Gasteiger partial charge in [-0.25, -0.2) is 0 Å². The van der Waals surface area contributed by atoms with E-state index in [9.17, 15) is 0 Å². The van der Waals surface area contributed by atoms with Crippen molar-refractivity contribution in [3.8, 4) is 0 Å². The molecule has 0 aromatic carbocycles. The van der Waals surface area contributed by atoms with E-state index in [1.807, 2.05) is 12.3 Å². The van der Waals surface area contributed by atoms with E-state index >= 15 is 0 Å². The molecule has 0 aliphatic carbocycles. The molecule has 0 bridgehead atoms. The van der Waals surface area contributed by atoms with E-state index in [0.29, 0.717) is 25.6 Å². The SMILES string of the molecule is CC1(c2csc(Cn3ncc(N)n3)c2)OCCO1. The summed E-state index contributed by atoms with van der Waals surface area (Å²) in [5.41, 5.74) is 6.57. The summed E-state index contributed by atoms with van der Waals surface area (Å²) in [4.78, 5) is 2.71. The Balaban J connectivity index is 1.77.